The highest BCUT2D eigenvalue weighted by molar-refractivity contribution is 6.35. The van der Waals surface area contributed by atoms with Gasteiger partial charge in [0.2, 0.25) is 0 Å². The molecule has 0 unspecified atom stereocenters. The minimum atomic E-state index is -4.49. The van der Waals surface area contributed by atoms with E-state index < -0.39 is 11.9 Å². The number of hydrogen-bond acceptors (Lipinski definition) is 3. The van der Waals surface area contributed by atoms with Crippen LogP contribution in [0, 0.1) is 0 Å². The Kier molecular flexibility index (Phi) is 3.67. The first-order valence-corrected chi connectivity index (χ1v) is 6.97. The fourth-order valence-electron chi connectivity index (χ4n) is 2.51. The zero-order valence-electron chi connectivity index (χ0n) is 11.0. The van der Waals surface area contributed by atoms with E-state index in [0.29, 0.717) is 24.2 Å². The van der Waals surface area contributed by atoms with Crippen molar-refractivity contribution in [2.24, 2.45) is 0 Å². The summed E-state index contributed by atoms with van der Waals surface area (Å²) in [4.78, 5) is 5.64. The summed E-state index contributed by atoms with van der Waals surface area (Å²) in [5, 5.41) is 4.07. The first-order valence-electron chi connectivity index (χ1n) is 6.59. The summed E-state index contributed by atoms with van der Waals surface area (Å²) in [5.74, 6) is 0. The third-order valence-electron chi connectivity index (χ3n) is 3.52. The highest BCUT2D eigenvalue weighted by Gasteiger charge is 2.34. The van der Waals surface area contributed by atoms with Gasteiger partial charge < -0.3 is 10.2 Å². The van der Waals surface area contributed by atoms with Gasteiger partial charge in [-0.1, -0.05) is 23.7 Å². The van der Waals surface area contributed by atoms with E-state index in [1.165, 1.54) is 0 Å². The molecule has 2 heterocycles. The van der Waals surface area contributed by atoms with Crippen molar-refractivity contribution < 1.29 is 13.2 Å². The van der Waals surface area contributed by atoms with Crippen LogP contribution >= 0.6 is 11.6 Å². The van der Waals surface area contributed by atoms with Gasteiger partial charge in [0, 0.05) is 37.3 Å². The van der Waals surface area contributed by atoms with Crippen LogP contribution in [-0.4, -0.2) is 31.2 Å². The molecule has 1 saturated heterocycles. The summed E-state index contributed by atoms with van der Waals surface area (Å²) in [6.45, 7) is 2.79. The Hall–Kier alpha value is -1.53. The number of pyridine rings is 1. The highest BCUT2D eigenvalue weighted by Crippen LogP contribution is 2.36. The van der Waals surface area contributed by atoms with Crippen molar-refractivity contribution in [1.82, 2.24) is 10.3 Å². The predicted octanol–water partition coefficient (Wildman–Crippen LogP) is 3.32. The molecule has 0 amide bonds. The van der Waals surface area contributed by atoms with Gasteiger partial charge >= 0.3 is 6.18 Å². The van der Waals surface area contributed by atoms with E-state index in [1.54, 1.807) is 18.2 Å². The largest absolute Gasteiger partial charge is 0.433 e. The van der Waals surface area contributed by atoms with Crippen LogP contribution in [0.25, 0.3) is 10.9 Å². The lowest BCUT2D eigenvalue weighted by Crippen LogP contribution is -2.43. The van der Waals surface area contributed by atoms with E-state index in [1.807, 2.05) is 4.90 Å². The molecule has 1 N–H and O–H groups in total. The summed E-state index contributed by atoms with van der Waals surface area (Å²) in [5.41, 5.74) is -0.171. The predicted molar refractivity (Wildman–Crippen MR) is 76.8 cm³/mol. The molecule has 112 valence electrons. The molecule has 0 saturated carbocycles. The van der Waals surface area contributed by atoms with E-state index in [0.717, 1.165) is 19.2 Å². The highest BCUT2D eigenvalue weighted by atomic mass is 35.5. The maximum atomic E-state index is 13.1. The van der Waals surface area contributed by atoms with Crippen molar-refractivity contribution in [3.8, 4) is 0 Å². The Balaban J connectivity index is 2.22. The molecule has 0 spiro atoms. The quantitative estimate of drug-likeness (QED) is 0.875. The minimum Gasteiger partial charge on any atom is -0.368 e. The van der Waals surface area contributed by atoms with E-state index in [9.17, 15) is 13.2 Å². The molecule has 1 aliphatic heterocycles. The normalized spacial score (nSPS) is 16.5. The lowest BCUT2D eigenvalue weighted by molar-refractivity contribution is -0.140. The van der Waals surface area contributed by atoms with Gasteiger partial charge in [-0.15, -0.1) is 0 Å². The number of fused-ring (bicyclic) bond motifs is 1. The molecule has 7 heteroatoms. The lowest BCUT2D eigenvalue weighted by Gasteiger charge is -2.30. The summed E-state index contributed by atoms with van der Waals surface area (Å²) < 4.78 is 39.2. The zero-order chi connectivity index (χ0) is 15.0. The third kappa shape index (κ3) is 2.78. The van der Waals surface area contributed by atoms with Crippen molar-refractivity contribution in [2.75, 3.05) is 31.1 Å². The van der Waals surface area contributed by atoms with E-state index >= 15 is 0 Å². The molecule has 0 bridgehead atoms. The van der Waals surface area contributed by atoms with Gasteiger partial charge in [-0.3, -0.25) is 0 Å². The van der Waals surface area contributed by atoms with Crippen LogP contribution in [0.3, 0.4) is 0 Å². The Morgan fingerprint density at radius 1 is 1.19 bits per heavy atom. The van der Waals surface area contributed by atoms with E-state index in [2.05, 4.69) is 10.3 Å². The second kappa shape index (κ2) is 5.35. The number of anilines is 1. The monoisotopic (exact) mass is 315 g/mol. The standard InChI is InChI=1S/C14H13ClF3N3/c15-10-3-1-2-9-11(21-6-4-19-5-7-21)8-12(14(16,17)18)20-13(9)10/h1-3,8,19H,4-7H2. The van der Waals surface area contributed by atoms with Crippen molar-refractivity contribution >= 4 is 28.2 Å². The van der Waals surface area contributed by atoms with Crippen LogP contribution < -0.4 is 10.2 Å². The number of benzene rings is 1. The molecule has 1 aliphatic rings. The number of nitrogens with one attached hydrogen (secondary N) is 1. The molecule has 0 aliphatic carbocycles. The Morgan fingerprint density at radius 2 is 1.90 bits per heavy atom. The summed E-state index contributed by atoms with van der Waals surface area (Å²) >= 11 is 6.03. The number of para-hydroxylation sites is 1. The fraction of sp³-hybridized carbons (Fsp3) is 0.357. The Labute approximate surface area is 124 Å². The van der Waals surface area contributed by atoms with Gasteiger partial charge in [0.05, 0.1) is 10.5 Å². The zero-order valence-corrected chi connectivity index (χ0v) is 11.8. The number of aromatic nitrogens is 1. The number of halogens is 4. The second-order valence-electron chi connectivity index (χ2n) is 4.90. The molecule has 3 rings (SSSR count). The average Bonchev–Trinajstić information content (AvgIpc) is 2.47. The molecule has 3 nitrogen and oxygen atoms in total. The maximum Gasteiger partial charge on any atom is 0.433 e. The molecular formula is C14H13ClF3N3. The molecule has 1 aromatic heterocycles. The van der Waals surface area contributed by atoms with Crippen LogP contribution in [-0.2, 0) is 6.18 Å². The summed E-state index contributed by atoms with van der Waals surface area (Å²) in [6, 6.07) is 6.15. The second-order valence-corrected chi connectivity index (χ2v) is 5.30. The average molecular weight is 316 g/mol. The SMILES string of the molecule is FC(F)(F)c1cc(N2CCNCC2)c2cccc(Cl)c2n1. The van der Waals surface area contributed by atoms with Gasteiger partial charge in [0.15, 0.2) is 0 Å². The molecular weight excluding hydrogens is 303 g/mol. The van der Waals surface area contributed by atoms with Gasteiger partial charge in [-0.05, 0) is 12.1 Å². The minimum absolute atomic E-state index is 0.197. The molecule has 21 heavy (non-hydrogen) atoms. The first-order chi connectivity index (χ1) is 9.97. The molecule has 1 aromatic carbocycles. The smallest absolute Gasteiger partial charge is 0.368 e. The van der Waals surface area contributed by atoms with Crippen molar-refractivity contribution in [2.45, 2.75) is 6.18 Å². The van der Waals surface area contributed by atoms with Crippen LogP contribution in [0.2, 0.25) is 5.02 Å². The van der Waals surface area contributed by atoms with Gasteiger partial charge in [0.25, 0.3) is 0 Å². The molecule has 1 fully saturated rings. The van der Waals surface area contributed by atoms with Crippen LogP contribution in [0.15, 0.2) is 24.3 Å². The van der Waals surface area contributed by atoms with Crippen molar-refractivity contribution in [1.29, 1.82) is 0 Å². The fourth-order valence-corrected chi connectivity index (χ4v) is 2.73. The molecule has 0 atom stereocenters. The van der Waals surface area contributed by atoms with E-state index in [4.69, 9.17) is 11.6 Å². The van der Waals surface area contributed by atoms with Crippen molar-refractivity contribution in [3.05, 3.63) is 35.0 Å². The van der Waals surface area contributed by atoms with Crippen LogP contribution in [0.5, 0.6) is 0 Å². The Bertz CT molecular complexity index is 666. The number of rotatable bonds is 1. The van der Waals surface area contributed by atoms with Crippen molar-refractivity contribution in [3.63, 3.8) is 0 Å². The van der Waals surface area contributed by atoms with Crippen LogP contribution in [0.4, 0.5) is 18.9 Å². The topological polar surface area (TPSA) is 28.2 Å². The van der Waals surface area contributed by atoms with E-state index in [-0.39, 0.29) is 10.5 Å². The summed E-state index contributed by atoms with van der Waals surface area (Å²) in [6.07, 6.45) is -4.49. The number of nitrogens with zero attached hydrogens (tertiary/aromatic N) is 2. The number of hydrogen-bond donors (Lipinski definition) is 1. The van der Waals surface area contributed by atoms with Gasteiger partial charge in [0.1, 0.15) is 5.69 Å². The first kappa shape index (κ1) is 14.4. The maximum absolute atomic E-state index is 13.1. The number of alkyl halides is 3. The molecule has 0 radical (unpaired) electrons. The lowest BCUT2D eigenvalue weighted by atomic mass is 10.1. The number of piperazine rings is 1. The van der Waals surface area contributed by atoms with Gasteiger partial charge in [-0.2, -0.15) is 13.2 Å². The van der Waals surface area contributed by atoms with Crippen LogP contribution in [0.1, 0.15) is 5.69 Å². The Morgan fingerprint density at radius 3 is 2.57 bits per heavy atom. The van der Waals surface area contributed by atoms with Gasteiger partial charge in [-0.25, -0.2) is 4.98 Å². The summed E-state index contributed by atoms with van der Waals surface area (Å²) in [7, 11) is 0. The molecule has 2 aromatic rings. The third-order valence-corrected chi connectivity index (χ3v) is 3.82.